The first-order valence-corrected chi connectivity index (χ1v) is 8.68. The van der Waals surface area contributed by atoms with Crippen LogP contribution in [-0.4, -0.2) is 22.0 Å². The molecule has 2 aromatic rings. The van der Waals surface area contributed by atoms with Gasteiger partial charge in [0.05, 0.1) is 5.39 Å². The fraction of sp³-hybridized carbons (Fsp3) is 0.444. The molecule has 0 radical (unpaired) electrons. The summed E-state index contributed by atoms with van der Waals surface area (Å²) in [4.78, 5) is 36.2. The Kier molecular flexibility index (Phi) is 3.99. The maximum absolute atomic E-state index is 12.3. The molecule has 2 aliphatic carbocycles. The molecule has 2 fully saturated rings. The minimum Gasteiger partial charge on any atom is -0.273 e. The van der Waals surface area contributed by atoms with Crippen LogP contribution in [0.4, 0.5) is 0 Å². The smallest absolute Gasteiger partial charge is 0.273 e. The van der Waals surface area contributed by atoms with Gasteiger partial charge in [-0.2, -0.15) is 5.10 Å². The van der Waals surface area contributed by atoms with Gasteiger partial charge in [0.2, 0.25) is 5.91 Å². The Hall–Kier alpha value is -2.70. The Bertz CT molecular complexity index is 891. The summed E-state index contributed by atoms with van der Waals surface area (Å²) in [5.41, 5.74) is 4.61. The first-order valence-electron chi connectivity index (χ1n) is 8.68. The van der Waals surface area contributed by atoms with Crippen LogP contribution in [0.3, 0.4) is 0 Å². The molecule has 4 rings (SSSR count). The number of carbonyl (C=O) groups excluding carboxylic acids is 2. The molecule has 1 aromatic carbocycles. The highest BCUT2D eigenvalue weighted by Crippen LogP contribution is 2.49. The van der Waals surface area contributed by atoms with Gasteiger partial charge in [-0.25, -0.2) is 5.10 Å². The summed E-state index contributed by atoms with van der Waals surface area (Å²) in [6, 6.07) is 6.73. The maximum atomic E-state index is 12.3. The number of nitrogens with one attached hydrogen (secondary N) is 3. The van der Waals surface area contributed by atoms with Crippen LogP contribution in [0.2, 0.25) is 0 Å². The van der Waals surface area contributed by atoms with Crippen LogP contribution < -0.4 is 16.4 Å². The van der Waals surface area contributed by atoms with Gasteiger partial charge in [-0.05, 0) is 43.1 Å². The number of benzene rings is 1. The third-order valence-electron chi connectivity index (χ3n) is 5.56. The number of hydrogen-bond acceptors (Lipinski definition) is 4. The molecule has 0 aliphatic heterocycles. The number of fused-ring (bicyclic) bond motifs is 3. The first kappa shape index (κ1) is 15.8. The van der Waals surface area contributed by atoms with Crippen LogP contribution in [0, 0.1) is 17.8 Å². The van der Waals surface area contributed by atoms with Crippen molar-refractivity contribution in [1.29, 1.82) is 0 Å². The van der Waals surface area contributed by atoms with Crippen molar-refractivity contribution in [2.45, 2.75) is 32.1 Å². The van der Waals surface area contributed by atoms with Crippen molar-refractivity contribution in [3.8, 4) is 0 Å². The second-order valence-corrected chi connectivity index (χ2v) is 7.09. The Morgan fingerprint density at radius 3 is 2.64 bits per heavy atom. The first-order chi connectivity index (χ1) is 12.1. The van der Waals surface area contributed by atoms with Gasteiger partial charge in [-0.3, -0.25) is 25.2 Å². The van der Waals surface area contributed by atoms with E-state index in [1.54, 1.807) is 24.3 Å². The van der Waals surface area contributed by atoms with E-state index in [9.17, 15) is 14.4 Å². The van der Waals surface area contributed by atoms with E-state index in [0.29, 0.717) is 29.0 Å². The Morgan fingerprint density at radius 2 is 1.92 bits per heavy atom. The van der Waals surface area contributed by atoms with Crippen LogP contribution >= 0.6 is 0 Å². The van der Waals surface area contributed by atoms with E-state index in [1.807, 2.05) is 0 Å². The van der Waals surface area contributed by atoms with Crippen molar-refractivity contribution in [1.82, 2.24) is 21.0 Å². The highest BCUT2D eigenvalue weighted by molar-refractivity contribution is 6.05. The van der Waals surface area contributed by atoms with Crippen molar-refractivity contribution in [2.75, 3.05) is 0 Å². The summed E-state index contributed by atoms with van der Waals surface area (Å²) in [7, 11) is 0. The molecular formula is C18H20N4O3. The fourth-order valence-corrected chi connectivity index (χ4v) is 4.39. The average Bonchev–Trinajstić information content (AvgIpc) is 3.23. The van der Waals surface area contributed by atoms with Gasteiger partial charge in [-0.1, -0.05) is 24.6 Å². The molecule has 0 unspecified atom stereocenters. The number of rotatable bonds is 3. The molecule has 0 saturated heterocycles. The fourth-order valence-electron chi connectivity index (χ4n) is 4.39. The highest BCUT2D eigenvalue weighted by atomic mass is 16.2. The summed E-state index contributed by atoms with van der Waals surface area (Å²) < 4.78 is 0. The van der Waals surface area contributed by atoms with Crippen LogP contribution in [0.5, 0.6) is 0 Å². The number of hydrazine groups is 1. The van der Waals surface area contributed by atoms with Crippen molar-refractivity contribution in [3.05, 3.63) is 40.3 Å². The molecule has 7 heteroatoms. The summed E-state index contributed by atoms with van der Waals surface area (Å²) in [6.07, 6.45) is 5.34. The quantitative estimate of drug-likeness (QED) is 0.737. The molecule has 2 aliphatic rings. The number of amides is 2. The topological polar surface area (TPSA) is 104 Å². The monoisotopic (exact) mass is 340 g/mol. The SMILES string of the molecule is O=C(C[C@H]1C[C@@H]2CC[C@@H]1C2)NNC(=O)c1n[nH]c(=O)c2ccccc12. The Morgan fingerprint density at radius 1 is 1.12 bits per heavy atom. The number of H-pyrrole nitrogens is 1. The van der Waals surface area contributed by atoms with Crippen molar-refractivity contribution >= 4 is 22.6 Å². The third-order valence-corrected chi connectivity index (χ3v) is 5.56. The second kappa shape index (κ2) is 6.31. The van der Waals surface area contributed by atoms with Gasteiger partial charge in [0.15, 0.2) is 5.69 Å². The molecule has 2 saturated carbocycles. The molecule has 130 valence electrons. The van der Waals surface area contributed by atoms with Gasteiger partial charge in [0.25, 0.3) is 11.5 Å². The normalized spacial score (nSPS) is 24.4. The second-order valence-electron chi connectivity index (χ2n) is 7.09. The molecule has 7 nitrogen and oxygen atoms in total. The number of aromatic nitrogens is 2. The molecule has 25 heavy (non-hydrogen) atoms. The summed E-state index contributed by atoms with van der Waals surface area (Å²) >= 11 is 0. The van der Waals surface area contributed by atoms with Gasteiger partial charge >= 0.3 is 0 Å². The highest BCUT2D eigenvalue weighted by Gasteiger charge is 2.40. The molecule has 3 atom stereocenters. The van der Waals surface area contributed by atoms with Gasteiger partial charge in [0.1, 0.15) is 0 Å². The number of carbonyl (C=O) groups is 2. The lowest BCUT2D eigenvalue weighted by atomic mass is 9.86. The lowest BCUT2D eigenvalue weighted by Crippen LogP contribution is -2.43. The zero-order chi connectivity index (χ0) is 17.4. The maximum Gasteiger partial charge on any atom is 0.290 e. The van der Waals surface area contributed by atoms with Crippen molar-refractivity contribution in [3.63, 3.8) is 0 Å². The summed E-state index contributed by atoms with van der Waals surface area (Å²) in [6.45, 7) is 0. The largest absolute Gasteiger partial charge is 0.290 e. The van der Waals surface area contributed by atoms with Crippen molar-refractivity contribution < 1.29 is 9.59 Å². The van der Waals surface area contributed by atoms with Gasteiger partial charge in [0, 0.05) is 11.8 Å². The van der Waals surface area contributed by atoms with Gasteiger partial charge in [-0.15, -0.1) is 0 Å². The van der Waals surface area contributed by atoms with Gasteiger partial charge < -0.3 is 0 Å². The van der Waals surface area contributed by atoms with Crippen LogP contribution in [0.1, 0.15) is 42.6 Å². The van der Waals surface area contributed by atoms with E-state index in [2.05, 4.69) is 21.0 Å². The van der Waals surface area contributed by atoms with Crippen LogP contribution in [0.15, 0.2) is 29.1 Å². The average molecular weight is 340 g/mol. The molecular weight excluding hydrogens is 320 g/mol. The molecule has 3 N–H and O–H groups in total. The standard InChI is InChI=1S/C18H20N4O3/c23-15(9-12-8-10-5-6-11(12)7-10)19-22-18(25)16-13-3-1-2-4-14(13)17(24)21-20-16/h1-4,10-12H,5-9H2,(H,19,23)(H,21,24)(H,22,25)/t10-,11-,12-/m1/s1. The zero-order valence-electron chi connectivity index (χ0n) is 13.7. The molecule has 1 aromatic heterocycles. The minimum absolute atomic E-state index is 0.0791. The van der Waals surface area contributed by atoms with E-state index in [4.69, 9.17) is 0 Å². The van der Waals surface area contributed by atoms with Crippen LogP contribution in [-0.2, 0) is 4.79 Å². The molecule has 0 spiro atoms. The predicted molar refractivity (Wildman–Crippen MR) is 91.5 cm³/mol. The van der Waals surface area contributed by atoms with E-state index < -0.39 is 5.91 Å². The Labute approximate surface area is 144 Å². The third kappa shape index (κ3) is 3.01. The van der Waals surface area contributed by atoms with E-state index in [0.717, 1.165) is 12.3 Å². The summed E-state index contributed by atoms with van der Waals surface area (Å²) in [5.74, 6) is 1.15. The number of aromatic amines is 1. The lowest BCUT2D eigenvalue weighted by Gasteiger charge is -2.20. The molecule has 2 amide bonds. The molecule has 2 bridgehead atoms. The number of nitrogens with zero attached hydrogens (tertiary/aromatic N) is 1. The van der Waals surface area contributed by atoms with E-state index in [1.165, 1.54) is 19.3 Å². The van der Waals surface area contributed by atoms with Crippen LogP contribution in [0.25, 0.3) is 10.8 Å². The van der Waals surface area contributed by atoms with E-state index in [-0.39, 0.29) is 17.2 Å². The predicted octanol–water partition coefficient (Wildman–Crippen LogP) is 1.51. The molecule has 1 heterocycles. The Balaban J connectivity index is 1.40. The number of hydrogen-bond donors (Lipinski definition) is 3. The lowest BCUT2D eigenvalue weighted by molar-refractivity contribution is -0.123. The minimum atomic E-state index is -0.547. The van der Waals surface area contributed by atoms with Crippen molar-refractivity contribution in [2.24, 2.45) is 17.8 Å². The zero-order valence-corrected chi connectivity index (χ0v) is 13.7. The van der Waals surface area contributed by atoms with E-state index >= 15 is 0 Å². The summed E-state index contributed by atoms with van der Waals surface area (Å²) in [5, 5.41) is 6.96.